The van der Waals surface area contributed by atoms with Crippen LogP contribution in [0, 0.1) is 11.6 Å². The van der Waals surface area contributed by atoms with Gasteiger partial charge in [-0.25, -0.2) is 23.4 Å². The maximum Gasteiger partial charge on any atom is 0.408 e. The van der Waals surface area contributed by atoms with E-state index in [-0.39, 0.29) is 38.6 Å². The Kier molecular flexibility index (Phi) is 13.6. The molecule has 12 nitrogen and oxygen atoms in total. The van der Waals surface area contributed by atoms with Gasteiger partial charge in [-0.1, -0.05) is 43.8 Å². The van der Waals surface area contributed by atoms with Gasteiger partial charge in [-0.15, -0.1) is 0 Å². The van der Waals surface area contributed by atoms with Gasteiger partial charge in [0.15, 0.2) is 23.5 Å². The van der Waals surface area contributed by atoms with E-state index in [1.54, 1.807) is 27.7 Å². The van der Waals surface area contributed by atoms with Crippen molar-refractivity contribution in [2.75, 3.05) is 18.5 Å². The number of carbonyl (C=O) groups is 4. The number of halogens is 2. The number of alkyl carbamates (subject to hydrolysis) is 1. The molecule has 0 aliphatic carbocycles. The fourth-order valence-corrected chi connectivity index (χ4v) is 4.10. The van der Waals surface area contributed by atoms with E-state index >= 15 is 0 Å². The van der Waals surface area contributed by atoms with Gasteiger partial charge in [0, 0.05) is 6.20 Å². The molecule has 256 valence electrons. The van der Waals surface area contributed by atoms with Crippen LogP contribution >= 0.6 is 0 Å². The molecular formula is C33H43F2N5O7. The minimum Gasteiger partial charge on any atom is -0.464 e. The van der Waals surface area contributed by atoms with Gasteiger partial charge >= 0.3 is 12.1 Å². The van der Waals surface area contributed by atoms with E-state index in [9.17, 15) is 28.0 Å². The molecule has 1 heterocycles. The summed E-state index contributed by atoms with van der Waals surface area (Å²) in [5.41, 5.74) is -1.36. The lowest BCUT2D eigenvalue weighted by molar-refractivity contribution is -0.145. The average Bonchev–Trinajstić information content (AvgIpc) is 3.41. The van der Waals surface area contributed by atoms with Crippen molar-refractivity contribution in [2.45, 2.75) is 78.8 Å². The van der Waals surface area contributed by atoms with E-state index in [0.717, 1.165) is 17.7 Å². The highest BCUT2D eigenvalue weighted by molar-refractivity contribution is 5.98. The molecule has 0 aliphatic heterocycles. The number of hydrogen-bond acceptors (Lipinski definition) is 8. The van der Waals surface area contributed by atoms with E-state index in [0.29, 0.717) is 0 Å². The molecule has 0 bridgehead atoms. The number of nitrogens with one attached hydrogen (secondary N) is 3. The van der Waals surface area contributed by atoms with Crippen molar-refractivity contribution in [3.05, 3.63) is 83.8 Å². The number of amides is 3. The molecule has 3 rings (SSSR count). The minimum absolute atomic E-state index is 0. The SMILES string of the molecule is C.CCOC(=O)C(c1ccc(F)c(F)c1)n1cnc(NC(=O)[C@@H](COCc2ccccc2)NC(=O)C(C)(C)NC(=O)OC(C)(C)C)c1. The normalized spacial score (nSPS) is 12.6. The maximum atomic E-state index is 14.0. The van der Waals surface area contributed by atoms with Gasteiger partial charge in [-0.05, 0) is 64.8 Å². The van der Waals surface area contributed by atoms with Gasteiger partial charge in [-0.2, -0.15) is 0 Å². The summed E-state index contributed by atoms with van der Waals surface area (Å²) in [4.78, 5) is 56.0. The van der Waals surface area contributed by atoms with E-state index in [1.165, 1.54) is 37.0 Å². The standard InChI is InChI=1S/C32H39F2N5O7.CH4/c1-7-45-28(41)26(21-13-14-22(33)23(34)15-21)39-16-25(35-19-39)37-27(40)24(18-44-17-20-11-9-8-10-12-20)36-29(42)32(5,6)38-30(43)46-31(2,3)4;/h8-16,19,24,26H,7,17-18H2,1-6H3,(H,36,42)(H,37,40)(H,38,43);1H4/t24-,26?;/m1./s1. The van der Waals surface area contributed by atoms with Crippen molar-refractivity contribution in [1.82, 2.24) is 20.2 Å². The third-order valence-corrected chi connectivity index (χ3v) is 6.32. The second kappa shape index (κ2) is 16.6. The van der Waals surface area contributed by atoms with Gasteiger partial charge in [0.2, 0.25) is 5.91 Å². The number of carbonyl (C=O) groups excluding carboxylic acids is 4. The summed E-state index contributed by atoms with van der Waals surface area (Å²) in [5, 5.41) is 7.67. The molecule has 2 atom stereocenters. The molecule has 0 spiro atoms. The lowest BCUT2D eigenvalue weighted by atomic mass is 10.0. The topological polar surface area (TPSA) is 150 Å². The van der Waals surface area contributed by atoms with Crippen LogP contribution in [0.2, 0.25) is 0 Å². The number of hydrogen-bond donors (Lipinski definition) is 3. The van der Waals surface area contributed by atoms with E-state index in [2.05, 4.69) is 20.9 Å². The zero-order valence-electron chi connectivity index (χ0n) is 26.6. The minimum atomic E-state index is -1.49. The molecule has 0 radical (unpaired) electrons. The van der Waals surface area contributed by atoms with Crippen LogP contribution in [0.5, 0.6) is 0 Å². The first-order valence-corrected chi connectivity index (χ1v) is 14.5. The number of ether oxygens (including phenoxy) is 3. The molecule has 0 aliphatic rings. The number of anilines is 1. The summed E-state index contributed by atoms with van der Waals surface area (Å²) >= 11 is 0. The molecule has 2 aromatic carbocycles. The molecule has 0 fully saturated rings. The number of nitrogens with zero attached hydrogens (tertiary/aromatic N) is 2. The Morgan fingerprint density at radius 1 is 0.979 bits per heavy atom. The molecule has 47 heavy (non-hydrogen) atoms. The maximum absolute atomic E-state index is 14.0. The number of esters is 1. The molecule has 14 heteroatoms. The molecule has 1 unspecified atom stereocenters. The fourth-order valence-electron chi connectivity index (χ4n) is 4.10. The van der Waals surface area contributed by atoms with Crippen molar-refractivity contribution in [1.29, 1.82) is 0 Å². The Labute approximate surface area is 273 Å². The van der Waals surface area contributed by atoms with Crippen molar-refractivity contribution in [3.63, 3.8) is 0 Å². The zero-order chi connectivity index (χ0) is 34.1. The highest BCUT2D eigenvalue weighted by atomic mass is 19.2. The van der Waals surface area contributed by atoms with Crippen molar-refractivity contribution in [2.24, 2.45) is 0 Å². The Balaban J connectivity index is 0.00000768. The van der Waals surface area contributed by atoms with Crippen LogP contribution in [0.25, 0.3) is 0 Å². The highest BCUT2D eigenvalue weighted by Gasteiger charge is 2.35. The smallest absolute Gasteiger partial charge is 0.408 e. The molecule has 0 saturated carbocycles. The predicted molar refractivity (Wildman–Crippen MR) is 170 cm³/mol. The lowest BCUT2D eigenvalue weighted by Crippen LogP contribution is -2.59. The van der Waals surface area contributed by atoms with Gasteiger partial charge in [-0.3, -0.25) is 9.59 Å². The summed E-state index contributed by atoms with van der Waals surface area (Å²) in [7, 11) is 0. The number of rotatable bonds is 13. The first kappa shape index (κ1) is 38.3. The first-order chi connectivity index (χ1) is 21.6. The second-order valence-electron chi connectivity index (χ2n) is 11.8. The van der Waals surface area contributed by atoms with E-state index in [1.807, 2.05) is 30.3 Å². The number of benzene rings is 2. The Hall–Kier alpha value is -4.85. The third kappa shape index (κ3) is 11.5. The summed E-state index contributed by atoms with van der Waals surface area (Å²) in [6.45, 7) is 9.44. The van der Waals surface area contributed by atoms with Gasteiger partial charge in [0.05, 0.1) is 26.1 Å². The van der Waals surface area contributed by atoms with Gasteiger partial charge < -0.3 is 34.7 Å². The monoisotopic (exact) mass is 659 g/mol. The van der Waals surface area contributed by atoms with Crippen LogP contribution < -0.4 is 16.0 Å². The summed E-state index contributed by atoms with van der Waals surface area (Å²) in [6, 6.07) is 9.67. The molecule has 3 N–H and O–H groups in total. The first-order valence-electron chi connectivity index (χ1n) is 14.5. The van der Waals surface area contributed by atoms with Gasteiger partial charge in [0.1, 0.15) is 17.2 Å². The van der Waals surface area contributed by atoms with Crippen LogP contribution in [-0.2, 0) is 35.2 Å². The quantitative estimate of drug-likeness (QED) is 0.220. The summed E-state index contributed by atoms with van der Waals surface area (Å²) < 4.78 is 45.0. The van der Waals surface area contributed by atoms with E-state index < -0.39 is 58.7 Å². The molecule has 0 saturated heterocycles. The Bertz CT molecular complexity index is 1520. The van der Waals surface area contributed by atoms with Crippen LogP contribution in [0.1, 0.15) is 66.1 Å². The third-order valence-electron chi connectivity index (χ3n) is 6.32. The lowest BCUT2D eigenvalue weighted by Gasteiger charge is -2.29. The second-order valence-corrected chi connectivity index (χ2v) is 11.8. The van der Waals surface area contributed by atoms with E-state index in [4.69, 9.17) is 14.2 Å². The van der Waals surface area contributed by atoms with Crippen LogP contribution in [-0.4, -0.2) is 63.8 Å². The van der Waals surface area contributed by atoms with Crippen LogP contribution in [0.15, 0.2) is 61.1 Å². The predicted octanol–water partition coefficient (Wildman–Crippen LogP) is 4.89. The Morgan fingerprint density at radius 2 is 1.66 bits per heavy atom. The average molecular weight is 660 g/mol. The molecule has 3 amide bonds. The highest BCUT2D eigenvalue weighted by Crippen LogP contribution is 2.24. The number of aromatic nitrogens is 2. The molecule has 3 aromatic rings. The fraction of sp³-hybridized carbons (Fsp3) is 0.424. The summed E-state index contributed by atoms with van der Waals surface area (Å²) in [6.07, 6.45) is 1.70. The van der Waals surface area contributed by atoms with Crippen LogP contribution in [0.4, 0.5) is 19.4 Å². The Morgan fingerprint density at radius 3 is 2.28 bits per heavy atom. The number of imidazole rings is 1. The van der Waals surface area contributed by atoms with Gasteiger partial charge in [0.25, 0.3) is 5.91 Å². The van der Waals surface area contributed by atoms with Crippen molar-refractivity contribution in [3.8, 4) is 0 Å². The molecule has 1 aromatic heterocycles. The molecular weight excluding hydrogens is 616 g/mol. The van der Waals surface area contributed by atoms with Crippen LogP contribution in [0.3, 0.4) is 0 Å². The largest absolute Gasteiger partial charge is 0.464 e. The van der Waals surface area contributed by atoms with Crippen molar-refractivity contribution >= 4 is 29.7 Å². The zero-order valence-corrected chi connectivity index (χ0v) is 26.6. The summed E-state index contributed by atoms with van der Waals surface area (Å²) in [5.74, 6) is -4.44. The van der Waals surface area contributed by atoms with Crippen molar-refractivity contribution < 1.29 is 42.2 Å².